The van der Waals surface area contributed by atoms with Crippen LogP contribution in [-0.4, -0.2) is 123 Å². The summed E-state index contributed by atoms with van der Waals surface area (Å²) in [6.45, 7) is -4.71. The van der Waals surface area contributed by atoms with E-state index in [2.05, 4.69) is 26.6 Å². The monoisotopic (exact) mass is 806 g/mol. The summed E-state index contributed by atoms with van der Waals surface area (Å²) in [5, 5.41) is 76.4. The molecule has 58 heavy (non-hydrogen) atoms. The van der Waals surface area contributed by atoms with Crippen molar-refractivity contribution in [3.05, 3.63) is 36.4 Å². The van der Waals surface area contributed by atoms with Crippen molar-refractivity contribution in [1.82, 2.24) is 20.5 Å². The first kappa shape index (κ1) is 40.9. The first-order chi connectivity index (χ1) is 27.5. The standard InChI is InChI=1S/C39H46N6O13/c1-40-27(52)8-45-25-4-2-21(41-28(53)34(15-46)9-36(17-48)13-37(10-34,18-49)31(56)43-30(36)55)6-23(25)24-7-22(3-5-26(24)45)42-29(54)35(16-47)11-38(19-50)14-39(12-35,20-51)33(58)44-32(38)57/h2-7,46-51H,8-20H2,1H3,(H,40,52)(H,41,53)(H,42,54)(H,43,55,56)(H,44,57,58). The van der Waals surface area contributed by atoms with E-state index in [1.54, 1.807) is 41.0 Å². The van der Waals surface area contributed by atoms with E-state index >= 15 is 0 Å². The maximum Gasteiger partial charge on any atom is 0.239 e. The minimum atomic E-state index is -1.77. The Balaban J connectivity index is 1.26. The fraction of sp³-hybridized carbons (Fsp3) is 0.513. The molecule has 4 aliphatic rings. The highest BCUT2D eigenvalue weighted by Gasteiger charge is 2.67. The van der Waals surface area contributed by atoms with Crippen molar-refractivity contribution < 1.29 is 64.2 Å². The molecule has 3 heterocycles. The van der Waals surface area contributed by atoms with Gasteiger partial charge < -0.3 is 51.2 Å². The lowest BCUT2D eigenvalue weighted by atomic mass is 9.50. The Kier molecular flexibility index (Phi) is 10.0. The molecule has 2 aliphatic heterocycles. The summed E-state index contributed by atoms with van der Waals surface area (Å²) < 4.78 is 1.70. The maximum atomic E-state index is 14.2. The van der Waals surface area contributed by atoms with Gasteiger partial charge in [0.15, 0.2) is 0 Å². The first-order valence-electron chi connectivity index (χ1n) is 18.8. The van der Waals surface area contributed by atoms with Gasteiger partial charge in [0.2, 0.25) is 41.4 Å². The van der Waals surface area contributed by atoms with E-state index in [1.807, 2.05) is 0 Å². The third-order valence-electron chi connectivity index (χ3n) is 13.2. The van der Waals surface area contributed by atoms with Crippen LogP contribution in [0.5, 0.6) is 0 Å². The molecule has 4 unspecified atom stereocenters. The third kappa shape index (κ3) is 5.98. The van der Waals surface area contributed by atoms with Gasteiger partial charge in [-0.1, -0.05) is 0 Å². The predicted molar refractivity (Wildman–Crippen MR) is 202 cm³/mol. The number of fused-ring (bicyclic) bond motifs is 7. The molecule has 11 N–H and O–H groups in total. The number of anilines is 2. The van der Waals surface area contributed by atoms with Gasteiger partial charge in [0.25, 0.3) is 0 Å². The van der Waals surface area contributed by atoms with Gasteiger partial charge >= 0.3 is 0 Å². The summed E-state index contributed by atoms with van der Waals surface area (Å²) in [7, 11) is 1.47. The van der Waals surface area contributed by atoms with Crippen LogP contribution in [0.1, 0.15) is 38.5 Å². The highest BCUT2D eigenvalue weighted by atomic mass is 16.3. The third-order valence-corrected chi connectivity index (χ3v) is 13.2. The molecule has 2 saturated carbocycles. The van der Waals surface area contributed by atoms with Crippen LogP contribution < -0.4 is 26.6 Å². The number of likely N-dealkylation sites (N-methyl/N-ethyl adjacent to an activating group) is 1. The lowest BCUT2D eigenvalue weighted by Crippen LogP contribution is -2.68. The van der Waals surface area contributed by atoms with E-state index in [9.17, 15) is 64.2 Å². The van der Waals surface area contributed by atoms with E-state index < -0.39 is 108 Å². The van der Waals surface area contributed by atoms with Crippen LogP contribution >= 0.6 is 0 Å². The van der Waals surface area contributed by atoms with Crippen LogP contribution in [0, 0.1) is 32.5 Å². The number of carbonyl (C=O) groups excluding carboxylic acids is 7. The molecule has 1 aromatic heterocycles. The molecule has 4 bridgehead atoms. The second-order valence-electron chi connectivity index (χ2n) is 16.9. The van der Waals surface area contributed by atoms with Gasteiger partial charge in [0, 0.05) is 40.2 Å². The van der Waals surface area contributed by atoms with Crippen molar-refractivity contribution in [1.29, 1.82) is 0 Å². The minimum Gasteiger partial charge on any atom is -0.395 e. The number of nitrogens with zero attached hydrogens (tertiary/aromatic N) is 1. The molecule has 7 amide bonds. The molecule has 19 nitrogen and oxygen atoms in total. The second kappa shape index (κ2) is 14.2. The largest absolute Gasteiger partial charge is 0.395 e. The highest BCUT2D eigenvalue weighted by molar-refractivity contribution is 6.13. The molecule has 2 aliphatic carbocycles. The Bertz CT molecular complexity index is 2080. The van der Waals surface area contributed by atoms with Crippen molar-refractivity contribution in [3.63, 3.8) is 0 Å². The normalized spacial score (nSPS) is 31.8. The molecular weight excluding hydrogens is 760 g/mol. The van der Waals surface area contributed by atoms with Crippen molar-refractivity contribution in [2.45, 2.75) is 45.1 Å². The maximum absolute atomic E-state index is 14.2. The summed E-state index contributed by atoms with van der Waals surface area (Å²) in [5.74, 6) is -5.10. The highest BCUT2D eigenvalue weighted by Crippen LogP contribution is 2.58. The number of nitrogens with one attached hydrogen (secondary N) is 5. The first-order valence-corrected chi connectivity index (χ1v) is 18.8. The Hall–Kier alpha value is -5.31. The van der Waals surface area contributed by atoms with E-state index in [0.717, 1.165) is 0 Å². The van der Waals surface area contributed by atoms with Gasteiger partial charge in [0.1, 0.15) is 6.54 Å². The van der Waals surface area contributed by atoms with Gasteiger partial charge in [-0.25, -0.2) is 0 Å². The zero-order valence-corrected chi connectivity index (χ0v) is 31.6. The predicted octanol–water partition coefficient (Wildman–Crippen LogP) is -2.03. The number of aliphatic hydroxyl groups is 6. The average molecular weight is 807 g/mol. The smallest absolute Gasteiger partial charge is 0.239 e. The van der Waals surface area contributed by atoms with Gasteiger partial charge in [-0.2, -0.15) is 0 Å². The molecular formula is C39H46N6O13. The molecule has 310 valence electrons. The number of rotatable bonds is 12. The van der Waals surface area contributed by atoms with Gasteiger partial charge in [-0.05, 0) is 74.9 Å². The minimum absolute atomic E-state index is 0.125. The Morgan fingerprint density at radius 1 is 0.569 bits per heavy atom. The number of benzene rings is 2. The second-order valence-corrected chi connectivity index (χ2v) is 16.9. The van der Waals surface area contributed by atoms with Crippen LogP contribution in [0.25, 0.3) is 21.8 Å². The van der Waals surface area contributed by atoms with Crippen LogP contribution in [-0.2, 0) is 40.1 Å². The van der Waals surface area contributed by atoms with Crippen molar-refractivity contribution in [2.24, 2.45) is 32.5 Å². The molecule has 4 fully saturated rings. The molecule has 2 aromatic carbocycles. The summed E-state index contributed by atoms with van der Waals surface area (Å²) >= 11 is 0. The topological polar surface area (TPSA) is 306 Å². The fourth-order valence-corrected chi connectivity index (χ4v) is 10.2. The number of piperidine rings is 2. The Morgan fingerprint density at radius 2 is 0.914 bits per heavy atom. The van der Waals surface area contributed by atoms with E-state index in [4.69, 9.17) is 0 Å². The van der Waals surface area contributed by atoms with Crippen LogP contribution in [0.4, 0.5) is 11.4 Å². The van der Waals surface area contributed by atoms with Crippen LogP contribution in [0.3, 0.4) is 0 Å². The lowest BCUT2D eigenvalue weighted by Gasteiger charge is -2.54. The summed E-state index contributed by atoms with van der Waals surface area (Å²) in [6.07, 6.45) is -1.68. The zero-order valence-electron chi connectivity index (χ0n) is 31.6. The Morgan fingerprint density at radius 3 is 1.21 bits per heavy atom. The molecule has 2 saturated heterocycles. The van der Waals surface area contributed by atoms with Crippen molar-refractivity contribution in [2.75, 3.05) is 57.3 Å². The number of amides is 7. The molecule has 3 aromatic rings. The summed E-state index contributed by atoms with van der Waals surface area (Å²) in [6, 6.07) is 9.57. The molecule has 0 spiro atoms. The number of aliphatic hydroxyl groups excluding tert-OH is 6. The molecule has 19 heteroatoms. The number of carbonyl (C=O) groups is 7. The summed E-state index contributed by atoms with van der Waals surface area (Å²) in [5.41, 5.74) is -8.56. The molecule has 7 rings (SSSR count). The Labute approximate surface area is 330 Å². The SMILES string of the molecule is CNC(=O)Cn1c2ccc(NC(=O)C3(CO)CC4(CO)CC(CO)(C3)C(=O)NC4=O)cc2c2cc(NC(=O)C3(CO)CC4(CO)CC(CO)(C3)C(=O)NC4=O)ccc21. The van der Waals surface area contributed by atoms with Crippen LogP contribution in [0.15, 0.2) is 36.4 Å². The summed E-state index contributed by atoms with van der Waals surface area (Å²) in [4.78, 5) is 93.1. The van der Waals surface area contributed by atoms with Crippen molar-refractivity contribution >= 4 is 74.5 Å². The average Bonchev–Trinajstić information content (AvgIpc) is 3.52. The van der Waals surface area contributed by atoms with Gasteiger partial charge in [0.05, 0.1) is 72.1 Å². The van der Waals surface area contributed by atoms with E-state index in [-0.39, 0.29) is 62.4 Å². The van der Waals surface area contributed by atoms with E-state index in [1.165, 1.54) is 7.05 Å². The lowest BCUT2D eigenvalue weighted by molar-refractivity contribution is -0.178. The van der Waals surface area contributed by atoms with Gasteiger partial charge in [-0.3, -0.25) is 44.2 Å². The molecule has 0 radical (unpaired) electrons. The van der Waals surface area contributed by atoms with E-state index in [0.29, 0.717) is 21.8 Å². The number of hydrogen-bond donors (Lipinski definition) is 11. The van der Waals surface area contributed by atoms with Crippen LogP contribution in [0.2, 0.25) is 0 Å². The fourth-order valence-electron chi connectivity index (χ4n) is 10.2. The quantitative estimate of drug-likeness (QED) is 0.0882. The van der Waals surface area contributed by atoms with Crippen molar-refractivity contribution in [3.8, 4) is 0 Å². The number of imide groups is 2. The number of aromatic nitrogens is 1. The molecule has 4 atom stereocenters. The zero-order chi connectivity index (χ0) is 42.1. The number of hydrogen-bond acceptors (Lipinski definition) is 13. The van der Waals surface area contributed by atoms with Gasteiger partial charge in [-0.15, -0.1) is 0 Å².